The van der Waals surface area contributed by atoms with Crippen molar-refractivity contribution >= 4 is 40.3 Å². The summed E-state index contributed by atoms with van der Waals surface area (Å²) in [5.74, 6) is -0.485. The molecular weight excluding hydrogens is 407 g/mol. The van der Waals surface area contributed by atoms with Crippen LogP contribution in [-0.4, -0.2) is 27.4 Å². The van der Waals surface area contributed by atoms with Gasteiger partial charge in [-0.15, -0.1) is 11.3 Å². The number of rotatable bonds is 6. The number of thiophene rings is 1. The summed E-state index contributed by atoms with van der Waals surface area (Å²) >= 11 is 7.24. The van der Waals surface area contributed by atoms with Crippen LogP contribution in [0.4, 0.5) is 10.1 Å². The minimum atomic E-state index is -0.337. The lowest BCUT2D eigenvalue weighted by molar-refractivity contribution is -0.116. The summed E-state index contributed by atoms with van der Waals surface area (Å²) in [5, 5.41) is 8.80. The number of amides is 1. The Balaban J connectivity index is 1.48. The number of aromatic nitrogens is 1. The Bertz CT molecular complexity index is 980. The molecule has 1 saturated heterocycles. The third-order valence-corrected chi connectivity index (χ3v) is 6.04. The summed E-state index contributed by atoms with van der Waals surface area (Å²) in [7, 11) is 0. The second-order valence-electron chi connectivity index (χ2n) is 6.64. The van der Waals surface area contributed by atoms with E-state index in [1.54, 1.807) is 29.7 Å². The van der Waals surface area contributed by atoms with E-state index in [0.717, 1.165) is 10.6 Å². The SMILES string of the molecule is O=C(CCN1C(=S)N[C@H](c2ccccn2)[C@@H]1c1cccs1)Nc1ccc(F)cc1. The Hall–Kier alpha value is -2.84. The topological polar surface area (TPSA) is 57.3 Å². The quantitative estimate of drug-likeness (QED) is 0.576. The maximum absolute atomic E-state index is 13.0. The summed E-state index contributed by atoms with van der Waals surface area (Å²) in [6.07, 6.45) is 2.03. The predicted molar refractivity (Wildman–Crippen MR) is 116 cm³/mol. The van der Waals surface area contributed by atoms with E-state index in [2.05, 4.69) is 21.7 Å². The van der Waals surface area contributed by atoms with E-state index in [1.807, 2.05) is 34.5 Å². The summed E-state index contributed by atoms with van der Waals surface area (Å²) in [6, 6.07) is 15.5. The molecule has 2 atom stereocenters. The zero-order valence-electron chi connectivity index (χ0n) is 15.4. The average molecular weight is 427 g/mol. The van der Waals surface area contributed by atoms with Gasteiger partial charge in [-0.1, -0.05) is 12.1 Å². The van der Waals surface area contributed by atoms with Crippen molar-refractivity contribution < 1.29 is 9.18 Å². The van der Waals surface area contributed by atoms with Crippen LogP contribution in [-0.2, 0) is 4.79 Å². The summed E-state index contributed by atoms with van der Waals surface area (Å²) in [5.41, 5.74) is 1.48. The predicted octanol–water partition coefficient (Wildman–Crippen LogP) is 4.28. The summed E-state index contributed by atoms with van der Waals surface area (Å²) in [4.78, 5) is 20.1. The molecule has 0 bridgehead atoms. The lowest BCUT2D eigenvalue weighted by Crippen LogP contribution is -2.32. The standard InChI is InChI=1S/C21H19FN4OS2/c22-14-6-8-15(9-7-14)24-18(27)10-12-26-20(17-5-3-13-29-17)19(25-21(26)28)16-4-1-2-11-23-16/h1-9,11,13,19-20H,10,12H2,(H,24,27)(H,25,28)/t19-,20+/m1/s1. The van der Waals surface area contributed by atoms with Crippen molar-refractivity contribution in [3.8, 4) is 0 Å². The van der Waals surface area contributed by atoms with E-state index < -0.39 is 0 Å². The molecule has 1 aliphatic rings. The molecule has 3 aromatic rings. The highest BCUT2D eigenvalue weighted by Gasteiger charge is 2.40. The van der Waals surface area contributed by atoms with Gasteiger partial charge in [-0.3, -0.25) is 9.78 Å². The average Bonchev–Trinajstić information content (AvgIpc) is 3.36. The third-order valence-electron chi connectivity index (χ3n) is 4.74. The van der Waals surface area contributed by atoms with Crippen molar-refractivity contribution in [1.29, 1.82) is 0 Å². The van der Waals surface area contributed by atoms with Gasteiger partial charge in [0.2, 0.25) is 5.91 Å². The molecule has 0 unspecified atom stereocenters. The lowest BCUT2D eigenvalue weighted by atomic mass is 10.0. The Morgan fingerprint density at radius 2 is 2.03 bits per heavy atom. The second-order valence-corrected chi connectivity index (χ2v) is 8.01. The van der Waals surface area contributed by atoms with E-state index in [9.17, 15) is 9.18 Å². The molecule has 0 saturated carbocycles. The fourth-order valence-corrected chi connectivity index (χ4v) is 4.60. The van der Waals surface area contributed by atoms with E-state index in [4.69, 9.17) is 12.2 Å². The van der Waals surface area contributed by atoms with E-state index >= 15 is 0 Å². The van der Waals surface area contributed by atoms with Crippen LogP contribution in [0, 0.1) is 5.82 Å². The largest absolute Gasteiger partial charge is 0.352 e. The van der Waals surface area contributed by atoms with Crippen LogP contribution in [0.3, 0.4) is 0 Å². The molecule has 1 fully saturated rings. The Labute approximate surface area is 177 Å². The van der Waals surface area contributed by atoms with Crippen molar-refractivity contribution in [2.75, 3.05) is 11.9 Å². The number of carbonyl (C=O) groups excluding carboxylic acids is 1. The van der Waals surface area contributed by atoms with Gasteiger partial charge in [0.25, 0.3) is 0 Å². The Morgan fingerprint density at radius 1 is 1.21 bits per heavy atom. The van der Waals surface area contributed by atoms with Crippen LogP contribution in [0.25, 0.3) is 0 Å². The first kappa shape index (κ1) is 19.5. The first-order valence-corrected chi connectivity index (χ1v) is 10.5. The number of anilines is 1. The molecule has 5 nitrogen and oxygen atoms in total. The molecule has 8 heteroatoms. The number of carbonyl (C=O) groups is 1. The number of hydrogen-bond acceptors (Lipinski definition) is 4. The van der Waals surface area contributed by atoms with Crippen LogP contribution < -0.4 is 10.6 Å². The molecular formula is C21H19FN4OS2. The van der Waals surface area contributed by atoms with Crippen LogP contribution in [0.5, 0.6) is 0 Å². The number of pyridine rings is 1. The van der Waals surface area contributed by atoms with Crippen molar-refractivity contribution in [3.63, 3.8) is 0 Å². The van der Waals surface area contributed by atoms with Gasteiger partial charge in [0.05, 0.1) is 17.8 Å². The van der Waals surface area contributed by atoms with Crippen molar-refractivity contribution in [1.82, 2.24) is 15.2 Å². The van der Waals surface area contributed by atoms with Gasteiger partial charge in [-0.25, -0.2) is 4.39 Å². The number of nitrogens with one attached hydrogen (secondary N) is 2. The monoisotopic (exact) mass is 426 g/mol. The van der Waals surface area contributed by atoms with E-state index in [1.165, 1.54) is 12.1 Å². The highest BCUT2D eigenvalue weighted by atomic mass is 32.1. The first-order chi connectivity index (χ1) is 14.1. The molecule has 2 aromatic heterocycles. The molecule has 1 aromatic carbocycles. The zero-order chi connectivity index (χ0) is 20.2. The van der Waals surface area contributed by atoms with E-state index in [-0.39, 0.29) is 30.2 Å². The third kappa shape index (κ3) is 4.44. The maximum atomic E-state index is 13.0. The number of halogens is 1. The fourth-order valence-electron chi connectivity index (χ4n) is 3.39. The Kier molecular flexibility index (Phi) is 5.82. The molecule has 0 aliphatic carbocycles. The van der Waals surface area contributed by atoms with Crippen molar-refractivity contribution in [2.45, 2.75) is 18.5 Å². The van der Waals surface area contributed by atoms with Gasteiger partial charge in [0, 0.05) is 29.7 Å². The smallest absolute Gasteiger partial charge is 0.226 e. The number of nitrogens with zero attached hydrogens (tertiary/aromatic N) is 2. The molecule has 29 heavy (non-hydrogen) atoms. The maximum Gasteiger partial charge on any atom is 0.226 e. The summed E-state index contributed by atoms with van der Waals surface area (Å²) in [6.45, 7) is 0.463. The number of thiocarbonyl (C=S) groups is 1. The molecule has 1 aliphatic heterocycles. The highest BCUT2D eigenvalue weighted by Crippen LogP contribution is 2.40. The number of hydrogen-bond donors (Lipinski definition) is 2. The van der Waals surface area contributed by atoms with Gasteiger partial charge in [0.15, 0.2) is 5.11 Å². The fraction of sp³-hybridized carbons (Fsp3) is 0.190. The molecule has 4 rings (SSSR count). The van der Waals surface area contributed by atoms with Gasteiger partial charge in [-0.05, 0) is 60.1 Å². The molecule has 0 spiro atoms. The second kappa shape index (κ2) is 8.67. The van der Waals surface area contributed by atoms with E-state index in [0.29, 0.717) is 17.3 Å². The molecule has 148 valence electrons. The van der Waals surface area contributed by atoms with Gasteiger partial charge in [0.1, 0.15) is 5.82 Å². The van der Waals surface area contributed by atoms with Crippen LogP contribution in [0.1, 0.15) is 29.1 Å². The van der Waals surface area contributed by atoms with Crippen molar-refractivity contribution in [2.24, 2.45) is 0 Å². The van der Waals surface area contributed by atoms with Gasteiger partial charge in [-0.2, -0.15) is 0 Å². The first-order valence-electron chi connectivity index (χ1n) is 9.19. The van der Waals surface area contributed by atoms with Crippen LogP contribution in [0.15, 0.2) is 66.2 Å². The Morgan fingerprint density at radius 3 is 2.72 bits per heavy atom. The molecule has 1 amide bonds. The van der Waals surface area contributed by atoms with Crippen LogP contribution in [0.2, 0.25) is 0 Å². The highest BCUT2D eigenvalue weighted by molar-refractivity contribution is 7.80. The normalized spacial score (nSPS) is 18.5. The lowest BCUT2D eigenvalue weighted by Gasteiger charge is -2.26. The zero-order valence-corrected chi connectivity index (χ0v) is 17.0. The van der Waals surface area contributed by atoms with Crippen LogP contribution >= 0.6 is 23.6 Å². The van der Waals surface area contributed by atoms with Gasteiger partial charge >= 0.3 is 0 Å². The molecule has 3 heterocycles. The van der Waals surface area contributed by atoms with Crippen molar-refractivity contribution in [3.05, 3.63) is 82.6 Å². The van der Waals surface area contributed by atoms with Gasteiger partial charge < -0.3 is 15.5 Å². The minimum absolute atomic E-state index is 0.0315. The molecule has 2 N–H and O–H groups in total. The number of benzene rings is 1. The molecule has 0 radical (unpaired) electrons. The summed E-state index contributed by atoms with van der Waals surface area (Å²) < 4.78 is 13.0. The minimum Gasteiger partial charge on any atom is -0.352 e.